The van der Waals surface area contributed by atoms with Gasteiger partial charge in [-0.25, -0.2) is 18.0 Å². The molecule has 2 N–H and O–H groups in total. The second-order valence-electron chi connectivity index (χ2n) is 6.32. The van der Waals surface area contributed by atoms with Crippen molar-refractivity contribution in [2.45, 2.75) is 18.6 Å². The molecule has 2 aromatic rings. The first-order valence-electron chi connectivity index (χ1n) is 8.38. The van der Waals surface area contributed by atoms with Gasteiger partial charge in [0.15, 0.2) is 11.6 Å². The fourth-order valence-electron chi connectivity index (χ4n) is 2.89. The highest BCUT2D eigenvalue weighted by molar-refractivity contribution is 9.10. The molecule has 1 fully saturated rings. The highest BCUT2D eigenvalue weighted by Crippen LogP contribution is 2.32. The van der Waals surface area contributed by atoms with Gasteiger partial charge in [0.25, 0.3) is 0 Å². The fraction of sp³-hybridized carbons (Fsp3) is 0.222. The summed E-state index contributed by atoms with van der Waals surface area (Å²) in [5.74, 6) is -4.45. The number of halogens is 7. The van der Waals surface area contributed by atoms with Crippen LogP contribution in [-0.2, 0) is 11.0 Å². The van der Waals surface area contributed by atoms with Gasteiger partial charge in [-0.05, 0) is 52.7 Å². The standard InChI is InChI=1S/C18H12BrF6N3O2/c19-9-2-4-13(15(22)14(9)21)28-6-5-12(16(28)29)27-17(30)26-11-3-1-8(7-10(11)20)18(23,24)25/h1-4,7,12H,5-6H2,(H2,26,27,30)/t12-/m1/s1. The lowest BCUT2D eigenvalue weighted by molar-refractivity contribution is -0.137. The Balaban J connectivity index is 1.67. The van der Waals surface area contributed by atoms with Crippen LogP contribution >= 0.6 is 15.9 Å². The van der Waals surface area contributed by atoms with Gasteiger partial charge >= 0.3 is 12.2 Å². The summed E-state index contributed by atoms with van der Waals surface area (Å²) in [7, 11) is 0. The molecule has 30 heavy (non-hydrogen) atoms. The van der Waals surface area contributed by atoms with Crippen LogP contribution in [-0.4, -0.2) is 24.5 Å². The highest BCUT2D eigenvalue weighted by Gasteiger charge is 2.36. The number of hydrogen-bond acceptors (Lipinski definition) is 2. The molecule has 0 saturated carbocycles. The van der Waals surface area contributed by atoms with E-state index in [9.17, 15) is 35.9 Å². The van der Waals surface area contributed by atoms with Crippen LogP contribution in [0.25, 0.3) is 0 Å². The summed E-state index contributed by atoms with van der Waals surface area (Å²) in [5.41, 5.74) is -2.06. The largest absolute Gasteiger partial charge is 0.416 e. The van der Waals surface area contributed by atoms with Crippen LogP contribution in [0.2, 0.25) is 0 Å². The number of rotatable bonds is 3. The minimum Gasteiger partial charge on any atom is -0.326 e. The molecule has 0 spiro atoms. The molecule has 0 aliphatic carbocycles. The maximum Gasteiger partial charge on any atom is 0.416 e. The van der Waals surface area contributed by atoms with Gasteiger partial charge in [0.2, 0.25) is 5.91 Å². The number of nitrogens with one attached hydrogen (secondary N) is 2. The second-order valence-corrected chi connectivity index (χ2v) is 7.17. The van der Waals surface area contributed by atoms with Gasteiger partial charge in [-0.15, -0.1) is 0 Å². The molecule has 1 aliphatic rings. The lowest BCUT2D eigenvalue weighted by atomic mass is 10.2. The van der Waals surface area contributed by atoms with E-state index in [0.29, 0.717) is 6.07 Å². The third-order valence-electron chi connectivity index (χ3n) is 4.36. The molecular weight excluding hydrogens is 484 g/mol. The molecule has 3 amide bonds. The highest BCUT2D eigenvalue weighted by atomic mass is 79.9. The molecule has 5 nitrogen and oxygen atoms in total. The molecule has 12 heteroatoms. The molecule has 1 aliphatic heterocycles. The van der Waals surface area contributed by atoms with E-state index in [1.54, 1.807) is 0 Å². The van der Waals surface area contributed by atoms with Crippen molar-refractivity contribution in [1.29, 1.82) is 0 Å². The van der Waals surface area contributed by atoms with Crippen molar-refractivity contribution in [3.8, 4) is 0 Å². The zero-order chi connectivity index (χ0) is 22.2. The van der Waals surface area contributed by atoms with Crippen molar-refractivity contribution in [3.63, 3.8) is 0 Å². The van der Waals surface area contributed by atoms with E-state index in [-0.39, 0.29) is 29.2 Å². The maximum absolute atomic E-state index is 14.1. The summed E-state index contributed by atoms with van der Waals surface area (Å²) >= 11 is 2.82. The number of carbonyl (C=O) groups excluding carboxylic acids is 2. The van der Waals surface area contributed by atoms with Crippen LogP contribution in [0.15, 0.2) is 34.8 Å². The molecule has 1 heterocycles. The van der Waals surface area contributed by atoms with Crippen molar-refractivity contribution in [2.24, 2.45) is 0 Å². The fourth-order valence-corrected chi connectivity index (χ4v) is 3.19. The average Bonchev–Trinajstić information content (AvgIpc) is 3.01. The molecule has 3 rings (SSSR count). The van der Waals surface area contributed by atoms with E-state index in [1.165, 1.54) is 12.1 Å². The second kappa shape index (κ2) is 8.17. The maximum atomic E-state index is 14.1. The van der Waals surface area contributed by atoms with E-state index in [1.807, 2.05) is 5.32 Å². The van der Waals surface area contributed by atoms with Crippen LogP contribution in [0.1, 0.15) is 12.0 Å². The summed E-state index contributed by atoms with van der Waals surface area (Å²) in [5, 5.41) is 4.25. The summed E-state index contributed by atoms with van der Waals surface area (Å²) in [6.07, 6.45) is -4.69. The smallest absolute Gasteiger partial charge is 0.326 e. The molecule has 2 aromatic carbocycles. The molecular formula is C18H12BrF6N3O2. The number of anilines is 2. The van der Waals surface area contributed by atoms with Crippen molar-refractivity contribution in [3.05, 3.63) is 57.8 Å². The van der Waals surface area contributed by atoms with E-state index >= 15 is 0 Å². The lowest BCUT2D eigenvalue weighted by Crippen LogP contribution is -2.43. The van der Waals surface area contributed by atoms with Crippen LogP contribution in [0.4, 0.5) is 42.5 Å². The van der Waals surface area contributed by atoms with E-state index in [4.69, 9.17) is 0 Å². The molecule has 0 unspecified atom stereocenters. The van der Waals surface area contributed by atoms with Gasteiger partial charge in [0.05, 0.1) is 21.4 Å². The van der Waals surface area contributed by atoms with Gasteiger partial charge in [-0.3, -0.25) is 4.79 Å². The Morgan fingerprint density at radius 2 is 1.80 bits per heavy atom. The van der Waals surface area contributed by atoms with Crippen molar-refractivity contribution < 1.29 is 35.9 Å². The van der Waals surface area contributed by atoms with Crippen LogP contribution in [0.3, 0.4) is 0 Å². The molecule has 160 valence electrons. The Kier molecular flexibility index (Phi) is 5.97. The Bertz CT molecular complexity index is 1010. The van der Waals surface area contributed by atoms with Crippen LogP contribution < -0.4 is 15.5 Å². The predicted octanol–water partition coefficient (Wildman–Crippen LogP) is 4.81. The first kappa shape index (κ1) is 21.9. The van der Waals surface area contributed by atoms with Crippen molar-refractivity contribution in [2.75, 3.05) is 16.8 Å². The van der Waals surface area contributed by atoms with E-state index in [0.717, 1.165) is 11.0 Å². The number of carbonyl (C=O) groups is 2. The zero-order valence-corrected chi connectivity index (χ0v) is 16.4. The number of amides is 3. The first-order chi connectivity index (χ1) is 14.0. The summed E-state index contributed by atoms with van der Waals surface area (Å²) in [4.78, 5) is 25.4. The predicted molar refractivity (Wildman–Crippen MR) is 98.4 cm³/mol. The van der Waals surface area contributed by atoms with Gasteiger partial charge in [-0.2, -0.15) is 13.2 Å². The number of nitrogens with zero attached hydrogens (tertiary/aromatic N) is 1. The minimum absolute atomic E-state index is 0.0174. The topological polar surface area (TPSA) is 61.4 Å². The quantitative estimate of drug-likeness (QED) is 0.474. The van der Waals surface area contributed by atoms with Gasteiger partial charge in [0, 0.05) is 6.54 Å². The van der Waals surface area contributed by atoms with Crippen LogP contribution in [0, 0.1) is 17.5 Å². The van der Waals surface area contributed by atoms with Crippen molar-refractivity contribution >= 4 is 39.2 Å². The molecule has 1 atom stereocenters. The van der Waals surface area contributed by atoms with Crippen LogP contribution in [0.5, 0.6) is 0 Å². The Morgan fingerprint density at radius 3 is 2.43 bits per heavy atom. The summed E-state index contributed by atoms with van der Waals surface area (Å²) in [6, 6.07) is 1.81. The SMILES string of the molecule is O=C(Nc1ccc(C(F)(F)F)cc1F)N[C@@H]1CCN(c2ccc(Br)c(F)c2F)C1=O. The molecule has 1 saturated heterocycles. The lowest BCUT2D eigenvalue weighted by Gasteiger charge is -2.18. The number of alkyl halides is 3. The summed E-state index contributed by atoms with van der Waals surface area (Å²) in [6.45, 7) is -0.0174. The van der Waals surface area contributed by atoms with Crippen molar-refractivity contribution in [1.82, 2.24) is 5.32 Å². The molecule has 0 bridgehead atoms. The normalized spacial score (nSPS) is 16.7. The zero-order valence-electron chi connectivity index (χ0n) is 14.8. The average molecular weight is 496 g/mol. The molecule has 0 radical (unpaired) electrons. The van der Waals surface area contributed by atoms with Gasteiger partial charge in [-0.1, -0.05) is 0 Å². The summed E-state index contributed by atoms with van der Waals surface area (Å²) < 4.78 is 79.2. The Morgan fingerprint density at radius 1 is 1.10 bits per heavy atom. The number of urea groups is 1. The first-order valence-corrected chi connectivity index (χ1v) is 9.17. The number of hydrogen-bond donors (Lipinski definition) is 2. The third kappa shape index (κ3) is 4.37. The Hall–Kier alpha value is -2.76. The third-order valence-corrected chi connectivity index (χ3v) is 4.97. The minimum atomic E-state index is -4.75. The molecule has 0 aromatic heterocycles. The number of benzene rings is 2. The van der Waals surface area contributed by atoms with Gasteiger partial charge in [0.1, 0.15) is 11.9 Å². The monoisotopic (exact) mass is 495 g/mol. The Labute approximate surface area is 174 Å². The van der Waals surface area contributed by atoms with E-state index in [2.05, 4.69) is 21.2 Å². The van der Waals surface area contributed by atoms with E-state index < -0.39 is 52.9 Å². The van der Waals surface area contributed by atoms with Gasteiger partial charge < -0.3 is 15.5 Å².